The second kappa shape index (κ2) is 6.98. The Balaban J connectivity index is 1.26. The van der Waals surface area contributed by atoms with E-state index in [1.54, 1.807) is 0 Å². The van der Waals surface area contributed by atoms with Crippen molar-refractivity contribution in [2.24, 2.45) is 0 Å². The van der Waals surface area contributed by atoms with Crippen molar-refractivity contribution >= 4 is 0 Å². The summed E-state index contributed by atoms with van der Waals surface area (Å²) in [5.41, 5.74) is 0. The average molecular weight is 332 g/mol. The first-order valence-corrected chi connectivity index (χ1v) is 8.90. The minimum atomic E-state index is 0.422. The van der Waals surface area contributed by atoms with Gasteiger partial charge in [0.15, 0.2) is 11.6 Å². The lowest BCUT2D eigenvalue weighted by atomic mass is 10.1. The quantitative estimate of drug-likeness (QED) is 0.818. The molecular formula is C16H24N6O2. The fourth-order valence-electron chi connectivity index (χ4n) is 3.13. The Labute approximate surface area is 141 Å². The average Bonchev–Trinajstić information content (AvgIpc) is 3.17. The van der Waals surface area contributed by atoms with Gasteiger partial charge in [0, 0.05) is 24.9 Å². The number of aromatic nitrogens is 4. The van der Waals surface area contributed by atoms with Crippen LogP contribution in [0.3, 0.4) is 0 Å². The number of nitrogens with one attached hydrogen (secondary N) is 1. The van der Waals surface area contributed by atoms with E-state index in [0.29, 0.717) is 24.4 Å². The van der Waals surface area contributed by atoms with E-state index >= 15 is 0 Å². The molecule has 0 spiro atoms. The predicted octanol–water partition coefficient (Wildman–Crippen LogP) is 1.65. The Morgan fingerprint density at radius 3 is 2.79 bits per heavy atom. The highest BCUT2D eigenvalue weighted by Gasteiger charge is 2.30. The highest BCUT2D eigenvalue weighted by atomic mass is 16.5. The van der Waals surface area contributed by atoms with Gasteiger partial charge in [0.25, 0.3) is 0 Å². The summed E-state index contributed by atoms with van der Waals surface area (Å²) in [7, 11) is 0. The van der Waals surface area contributed by atoms with Crippen molar-refractivity contribution in [3.8, 4) is 0 Å². The van der Waals surface area contributed by atoms with Gasteiger partial charge < -0.3 is 14.4 Å². The molecule has 1 N–H and O–H groups in total. The van der Waals surface area contributed by atoms with E-state index in [-0.39, 0.29) is 0 Å². The molecule has 2 aromatic heterocycles. The Morgan fingerprint density at radius 2 is 2.00 bits per heavy atom. The van der Waals surface area contributed by atoms with Crippen LogP contribution in [0.15, 0.2) is 9.05 Å². The highest BCUT2D eigenvalue weighted by molar-refractivity contribution is 5.01. The van der Waals surface area contributed by atoms with Gasteiger partial charge in [-0.25, -0.2) is 0 Å². The summed E-state index contributed by atoms with van der Waals surface area (Å²) in [5.74, 6) is 3.57. The monoisotopic (exact) mass is 332 g/mol. The van der Waals surface area contributed by atoms with Crippen LogP contribution in [0.4, 0.5) is 0 Å². The normalized spacial score (nSPS) is 22.1. The van der Waals surface area contributed by atoms with Crippen LogP contribution in [-0.4, -0.2) is 44.3 Å². The minimum absolute atomic E-state index is 0.422. The van der Waals surface area contributed by atoms with Crippen LogP contribution in [0.1, 0.15) is 62.0 Å². The van der Waals surface area contributed by atoms with Crippen molar-refractivity contribution in [1.29, 1.82) is 0 Å². The lowest BCUT2D eigenvalue weighted by Crippen LogP contribution is -2.45. The molecule has 4 rings (SSSR count). The molecule has 1 aliphatic heterocycles. The van der Waals surface area contributed by atoms with Crippen LogP contribution in [-0.2, 0) is 19.5 Å². The molecule has 1 unspecified atom stereocenters. The van der Waals surface area contributed by atoms with Gasteiger partial charge in [0.2, 0.25) is 11.8 Å². The smallest absolute Gasteiger partial charge is 0.240 e. The van der Waals surface area contributed by atoms with Crippen molar-refractivity contribution in [2.45, 2.75) is 64.1 Å². The molecule has 130 valence electrons. The summed E-state index contributed by atoms with van der Waals surface area (Å²) in [6.45, 7) is 5.45. The third kappa shape index (κ3) is 3.81. The summed E-state index contributed by atoms with van der Waals surface area (Å²) in [6, 6.07) is 0.422. The maximum atomic E-state index is 5.34. The third-order valence-corrected chi connectivity index (χ3v) is 4.65. The molecule has 8 heteroatoms. The van der Waals surface area contributed by atoms with Gasteiger partial charge in [-0.2, -0.15) is 9.97 Å². The lowest BCUT2D eigenvalue weighted by Gasteiger charge is -2.32. The zero-order valence-corrected chi connectivity index (χ0v) is 14.1. The van der Waals surface area contributed by atoms with Gasteiger partial charge in [0.05, 0.1) is 13.1 Å². The zero-order valence-electron chi connectivity index (χ0n) is 14.1. The predicted molar refractivity (Wildman–Crippen MR) is 85.1 cm³/mol. The van der Waals surface area contributed by atoms with Crippen molar-refractivity contribution in [2.75, 3.05) is 13.1 Å². The van der Waals surface area contributed by atoms with Crippen LogP contribution in [0, 0.1) is 0 Å². The maximum Gasteiger partial charge on any atom is 0.240 e. The van der Waals surface area contributed by atoms with E-state index < -0.39 is 0 Å². The van der Waals surface area contributed by atoms with E-state index in [0.717, 1.165) is 56.4 Å². The fourth-order valence-corrected chi connectivity index (χ4v) is 3.13. The molecule has 2 fully saturated rings. The molecule has 1 saturated carbocycles. The molecule has 1 atom stereocenters. The summed E-state index contributed by atoms with van der Waals surface area (Å²) in [4.78, 5) is 11.2. The molecule has 3 heterocycles. The second-order valence-corrected chi connectivity index (χ2v) is 6.74. The lowest BCUT2D eigenvalue weighted by molar-refractivity contribution is 0.174. The van der Waals surface area contributed by atoms with Gasteiger partial charge in [-0.1, -0.05) is 17.2 Å². The Kier molecular flexibility index (Phi) is 4.57. The van der Waals surface area contributed by atoms with Crippen LogP contribution >= 0.6 is 0 Å². The topological polar surface area (TPSA) is 93.1 Å². The summed E-state index contributed by atoms with van der Waals surface area (Å²) in [5, 5.41) is 11.6. The molecule has 0 aromatic carbocycles. The van der Waals surface area contributed by atoms with E-state index in [2.05, 4.69) is 30.5 Å². The molecule has 0 radical (unpaired) electrons. The van der Waals surface area contributed by atoms with E-state index in [4.69, 9.17) is 9.05 Å². The summed E-state index contributed by atoms with van der Waals surface area (Å²) < 4.78 is 10.6. The van der Waals surface area contributed by atoms with E-state index in [1.807, 2.05) is 6.92 Å². The molecule has 24 heavy (non-hydrogen) atoms. The van der Waals surface area contributed by atoms with E-state index in [1.165, 1.54) is 12.8 Å². The van der Waals surface area contributed by atoms with E-state index in [9.17, 15) is 0 Å². The van der Waals surface area contributed by atoms with Crippen molar-refractivity contribution in [1.82, 2.24) is 30.5 Å². The number of piperidine rings is 1. The van der Waals surface area contributed by atoms with Crippen LogP contribution in [0.2, 0.25) is 0 Å². The number of aryl methyl sites for hydroxylation is 1. The standard InChI is InChI=1S/C16H24N6O2/c1-2-13-18-15(23-20-13)8-17-12-4-3-7-22(9-12)10-14-19-16(24-21-14)11-5-6-11/h11-12,17H,2-10H2,1H3. The largest absolute Gasteiger partial charge is 0.339 e. The second-order valence-electron chi connectivity index (χ2n) is 6.74. The maximum absolute atomic E-state index is 5.34. The molecule has 0 bridgehead atoms. The molecule has 1 saturated heterocycles. The number of likely N-dealkylation sites (tertiary alicyclic amines) is 1. The third-order valence-electron chi connectivity index (χ3n) is 4.65. The van der Waals surface area contributed by atoms with Crippen molar-refractivity contribution in [3.05, 3.63) is 23.4 Å². The summed E-state index contributed by atoms with van der Waals surface area (Å²) >= 11 is 0. The number of hydrogen-bond acceptors (Lipinski definition) is 8. The minimum Gasteiger partial charge on any atom is -0.339 e. The number of rotatable bonds is 7. The zero-order chi connectivity index (χ0) is 16.4. The molecule has 2 aromatic rings. The molecule has 0 amide bonds. The Morgan fingerprint density at radius 1 is 1.12 bits per heavy atom. The molecule has 8 nitrogen and oxygen atoms in total. The number of nitrogens with zero attached hydrogens (tertiary/aromatic N) is 5. The first kappa shape index (κ1) is 15.7. The van der Waals surface area contributed by atoms with Gasteiger partial charge in [0.1, 0.15) is 0 Å². The first-order valence-electron chi connectivity index (χ1n) is 8.90. The van der Waals surface area contributed by atoms with Crippen molar-refractivity contribution < 1.29 is 9.05 Å². The SMILES string of the molecule is CCc1noc(CNC2CCCN(Cc3noc(C4CC4)n3)C2)n1. The van der Waals surface area contributed by atoms with Gasteiger partial charge in [-0.15, -0.1) is 0 Å². The fraction of sp³-hybridized carbons (Fsp3) is 0.750. The Bertz CT molecular complexity index is 665. The first-order chi connectivity index (χ1) is 11.8. The van der Waals surface area contributed by atoms with Gasteiger partial charge >= 0.3 is 0 Å². The molecule has 1 aliphatic carbocycles. The highest BCUT2D eigenvalue weighted by Crippen LogP contribution is 2.38. The van der Waals surface area contributed by atoms with Crippen LogP contribution < -0.4 is 5.32 Å². The molecule has 2 aliphatic rings. The molecular weight excluding hydrogens is 308 g/mol. The van der Waals surface area contributed by atoms with Gasteiger partial charge in [-0.3, -0.25) is 4.90 Å². The van der Waals surface area contributed by atoms with Crippen molar-refractivity contribution in [3.63, 3.8) is 0 Å². The van der Waals surface area contributed by atoms with Crippen LogP contribution in [0.25, 0.3) is 0 Å². The van der Waals surface area contributed by atoms with Gasteiger partial charge in [-0.05, 0) is 32.2 Å². The Hall–Kier alpha value is -1.80. The van der Waals surface area contributed by atoms with Crippen LogP contribution in [0.5, 0.6) is 0 Å². The summed E-state index contributed by atoms with van der Waals surface area (Å²) in [6.07, 6.45) is 5.49. The number of hydrogen-bond donors (Lipinski definition) is 1.